The summed E-state index contributed by atoms with van der Waals surface area (Å²) in [5.74, 6) is 3.60. The number of sulfonamides is 1. The molecule has 1 saturated heterocycles. The minimum absolute atomic E-state index is 0.0358. The second-order valence-electron chi connectivity index (χ2n) is 6.61. The summed E-state index contributed by atoms with van der Waals surface area (Å²) < 4.78 is 27.9. The second kappa shape index (κ2) is 6.31. The van der Waals surface area contributed by atoms with Crippen molar-refractivity contribution in [1.29, 1.82) is 0 Å². The Kier molecular flexibility index (Phi) is 4.59. The van der Waals surface area contributed by atoms with E-state index in [2.05, 4.69) is 28.9 Å². The highest BCUT2D eigenvalue weighted by Gasteiger charge is 2.36. The first kappa shape index (κ1) is 16.0. The fraction of sp³-hybridized carbons (Fsp3) is 0.733. The van der Waals surface area contributed by atoms with E-state index in [1.54, 1.807) is 0 Å². The first-order chi connectivity index (χ1) is 10.4. The molecule has 3 rings (SSSR count). The van der Waals surface area contributed by atoms with Gasteiger partial charge in [-0.1, -0.05) is 6.92 Å². The Bertz CT molecular complexity index is 605. The van der Waals surface area contributed by atoms with Crippen molar-refractivity contribution in [3.63, 3.8) is 0 Å². The molecule has 1 aromatic heterocycles. The lowest BCUT2D eigenvalue weighted by Crippen LogP contribution is -2.47. The van der Waals surface area contributed by atoms with E-state index in [9.17, 15) is 8.42 Å². The summed E-state index contributed by atoms with van der Waals surface area (Å²) in [7, 11) is -3.36. The smallest absolute Gasteiger partial charge is 0.210 e. The first-order valence-corrected chi connectivity index (χ1v) is 9.66. The first-order valence-electron chi connectivity index (χ1n) is 7.94. The van der Waals surface area contributed by atoms with Gasteiger partial charge in [-0.3, -0.25) is 9.80 Å². The quantitative estimate of drug-likeness (QED) is 0.836. The topological polar surface area (TPSA) is 79.8 Å². The highest BCUT2D eigenvalue weighted by atomic mass is 32.2. The Morgan fingerprint density at radius 1 is 1.23 bits per heavy atom. The normalized spacial score (nSPS) is 27.2. The zero-order valence-corrected chi connectivity index (χ0v) is 13.9. The lowest BCUT2D eigenvalue weighted by molar-refractivity contribution is 0.125. The summed E-state index contributed by atoms with van der Waals surface area (Å²) >= 11 is 0. The van der Waals surface area contributed by atoms with Crippen molar-refractivity contribution >= 4 is 10.0 Å². The number of nitrogens with two attached hydrogens (primary N) is 1. The van der Waals surface area contributed by atoms with E-state index < -0.39 is 10.0 Å². The lowest BCUT2D eigenvalue weighted by atomic mass is 10.2. The van der Waals surface area contributed by atoms with Gasteiger partial charge >= 0.3 is 0 Å². The highest BCUT2D eigenvalue weighted by Crippen LogP contribution is 2.47. The fourth-order valence-corrected chi connectivity index (χ4v) is 3.56. The summed E-state index contributed by atoms with van der Waals surface area (Å²) in [6, 6.07) is 4.21. The molecule has 2 N–H and O–H groups in total. The highest BCUT2D eigenvalue weighted by molar-refractivity contribution is 7.89. The molecule has 1 aliphatic heterocycles. The van der Waals surface area contributed by atoms with Crippen molar-refractivity contribution in [3.8, 4) is 0 Å². The van der Waals surface area contributed by atoms with Crippen molar-refractivity contribution in [2.75, 3.05) is 38.5 Å². The standard InChI is InChI=1S/C15H25N3O3S/c1-12-10-14(12)15-3-2-13(21-15)11-18-6-4-17(5-7-18)8-9-22(16,19)20/h2-3,12,14H,4-11H2,1H3,(H2,16,19,20)/t12-,14-/m1/s1. The summed E-state index contributed by atoms with van der Waals surface area (Å²) in [6.07, 6.45) is 1.25. The van der Waals surface area contributed by atoms with Crippen LogP contribution in [0.1, 0.15) is 30.8 Å². The number of nitrogens with zero attached hydrogens (tertiary/aromatic N) is 2. The van der Waals surface area contributed by atoms with Crippen molar-refractivity contribution < 1.29 is 12.8 Å². The number of piperazine rings is 1. The third-order valence-electron chi connectivity index (χ3n) is 4.69. The molecule has 1 saturated carbocycles. The third kappa shape index (κ3) is 4.32. The number of hydrogen-bond acceptors (Lipinski definition) is 5. The van der Waals surface area contributed by atoms with E-state index in [-0.39, 0.29) is 5.75 Å². The van der Waals surface area contributed by atoms with Crippen molar-refractivity contribution in [2.24, 2.45) is 11.1 Å². The second-order valence-corrected chi connectivity index (χ2v) is 8.34. The van der Waals surface area contributed by atoms with Crippen LogP contribution >= 0.6 is 0 Å². The van der Waals surface area contributed by atoms with Crippen LogP contribution in [0.5, 0.6) is 0 Å². The Morgan fingerprint density at radius 3 is 2.45 bits per heavy atom. The van der Waals surface area contributed by atoms with Crippen LogP contribution in [-0.4, -0.2) is 56.7 Å². The average Bonchev–Trinajstić information content (AvgIpc) is 3.00. The number of primary sulfonamides is 1. The molecule has 2 aliphatic rings. The molecular weight excluding hydrogens is 302 g/mol. The van der Waals surface area contributed by atoms with E-state index in [1.165, 1.54) is 6.42 Å². The van der Waals surface area contributed by atoms with E-state index >= 15 is 0 Å². The third-order valence-corrected chi connectivity index (χ3v) is 5.45. The van der Waals surface area contributed by atoms with Crippen LogP contribution in [0, 0.1) is 5.92 Å². The number of rotatable bonds is 6. The molecule has 2 fully saturated rings. The van der Waals surface area contributed by atoms with Gasteiger partial charge in [0, 0.05) is 38.6 Å². The fourth-order valence-electron chi connectivity index (χ4n) is 3.05. The maximum Gasteiger partial charge on any atom is 0.210 e. The monoisotopic (exact) mass is 327 g/mol. The summed E-state index contributed by atoms with van der Waals surface area (Å²) in [6.45, 7) is 7.24. The molecule has 0 bridgehead atoms. The van der Waals surface area contributed by atoms with Crippen LogP contribution in [0.2, 0.25) is 0 Å². The average molecular weight is 327 g/mol. The molecule has 2 atom stereocenters. The Hall–Kier alpha value is -0.890. The summed E-state index contributed by atoms with van der Waals surface area (Å²) in [4.78, 5) is 4.51. The maximum atomic E-state index is 11.0. The Labute approximate surface area is 132 Å². The van der Waals surface area contributed by atoms with Crippen LogP contribution in [0.15, 0.2) is 16.5 Å². The van der Waals surface area contributed by atoms with E-state index in [0.717, 1.165) is 50.2 Å². The molecule has 124 valence electrons. The summed E-state index contributed by atoms with van der Waals surface area (Å²) in [5.41, 5.74) is 0. The van der Waals surface area contributed by atoms with Crippen LogP contribution in [0.4, 0.5) is 0 Å². The van der Waals surface area contributed by atoms with Gasteiger partial charge < -0.3 is 4.42 Å². The molecule has 7 heteroatoms. The Balaban J connectivity index is 1.43. The zero-order valence-electron chi connectivity index (χ0n) is 13.1. The molecule has 1 aliphatic carbocycles. The molecule has 0 unspecified atom stereocenters. The Morgan fingerprint density at radius 2 is 1.86 bits per heavy atom. The predicted octanol–water partition coefficient (Wildman–Crippen LogP) is 0.809. The van der Waals surface area contributed by atoms with Gasteiger partial charge in [0.05, 0.1) is 12.3 Å². The van der Waals surface area contributed by atoms with Crippen LogP contribution < -0.4 is 5.14 Å². The molecule has 0 aromatic carbocycles. The van der Waals surface area contributed by atoms with E-state index in [4.69, 9.17) is 9.56 Å². The minimum atomic E-state index is -3.36. The SMILES string of the molecule is C[C@@H]1C[C@H]1c1ccc(CN2CCN(CCS(N)(=O)=O)CC2)o1. The molecule has 2 heterocycles. The van der Waals surface area contributed by atoms with Gasteiger partial charge in [0.15, 0.2) is 0 Å². The van der Waals surface area contributed by atoms with Crippen molar-refractivity contribution in [3.05, 3.63) is 23.7 Å². The van der Waals surface area contributed by atoms with Crippen LogP contribution in [0.3, 0.4) is 0 Å². The van der Waals surface area contributed by atoms with Gasteiger partial charge in [0.1, 0.15) is 11.5 Å². The van der Waals surface area contributed by atoms with Crippen molar-refractivity contribution in [1.82, 2.24) is 9.80 Å². The minimum Gasteiger partial charge on any atom is -0.464 e. The molecule has 1 aromatic rings. The van der Waals surface area contributed by atoms with Gasteiger partial charge in [-0.05, 0) is 24.5 Å². The summed E-state index contributed by atoms with van der Waals surface area (Å²) in [5, 5.41) is 5.05. The predicted molar refractivity (Wildman–Crippen MR) is 84.9 cm³/mol. The molecule has 6 nitrogen and oxygen atoms in total. The maximum absolute atomic E-state index is 11.0. The molecular formula is C15H25N3O3S. The van der Waals surface area contributed by atoms with Crippen LogP contribution in [-0.2, 0) is 16.6 Å². The molecule has 22 heavy (non-hydrogen) atoms. The van der Waals surface area contributed by atoms with Crippen LogP contribution in [0.25, 0.3) is 0 Å². The number of furan rings is 1. The molecule has 0 radical (unpaired) electrons. The van der Waals surface area contributed by atoms with Gasteiger partial charge in [-0.2, -0.15) is 0 Å². The van der Waals surface area contributed by atoms with Gasteiger partial charge in [0.25, 0.3) is 0 Å². The number of hydrogen-bond donors (Lipinski definition) is 1. The van der Waals surface area contributed by atoms with E-state index in [0.29, 0.717) is 12.5 Å². The van der Waals surface area contributed by atoms with Gasteiger partial charge in [0.2, 0.25) is 10.0 Å². The van der Waals surface area contributed by atoms with Gasteiger partial charge in [-0.15, -0.1) is 0 Å². The van der Waals surface area contributed by atoms with Crippen molar-refractivity contribution in [2.45, 2.75) is 25.8 Å². The molecule has 0 spiro atoms. The van der Waals surface area contributed by atoms with Gasteiger partial charge in [-0.25, -0.2) is 13.6 Å². The zero-order chi connectivity index (χ0) is 15.7. The largest absolute Gasteiger partial charge is 0.464 e. The molecule has 0 amide bonds. The lowest BCUT2D eigenvalue weighted by Gasteiger charge is -2.33. The van der Waals surface area contributed by atoms with E-state index in [1.807, 2.05) is 0 Å².